The van der Waals surface area contributed by atoms with Crippen LogP contribution in [0.15, 0.2) is 24.3 Å². The highest BCUT2D eigenvalue weighted by Gasteiger charge is 2.53. The number of carbonyl (C=O) groups is 1. The average Bonchev–Trinajstić information content (AvgIpc) is 3.18. The molecule has 15 heteroatoms. The van der Waals surface area contributed by atoms with Crippen LogP contribution in [-0.4, -0.2) is 156 Å². The normalized spacial score (nSPS) is 44.8. The first-order valence-corrected chi connectivity index (χ1v) is 21.4. The molecule has 5 N–H and O–H groups in total. The summed E-state index contributed by atoms with van der Waals surface area (Å²) in [4.78, 5) is 16.4. The molecule has 3 saturated heterocycles. The van der Waals surface area contributed by atoms with Gasteiger partial charge in [0.1, 0.15) is 23.9 Å². The Morgan fingerprint density at radius 3 is 2.15 bits per heavy atom. The molecule has 3 aliphatic rings. The minimum atomic E-state index is -1.81. The maximum absolute atomic E-state index is 14.4. The Balaban J connectivity index is 1.87. The molecular formula is C44H76N2O13. The number of rotatable bonds is 10. The fourth-order valence-corrected chi connectivity index (χ4v) is 9.52. The molecule has 59 heavy (non-hydrogen) atoms. The van der Waals surface area contributed by atoms with Gasteiger partial charge in [-0.1, -0.05) is 32.9 Å². The number of nitrogens with zero attached hydrogens (tertiary/aromatic N) is 1. The minimum absolute atomic E-state index is 0.129. The van der Waals surface area contributed by atoms with Crippen molar-refractivity contribution in [1.82, 2.24) is 10.2 Å². The van der Waals surface area contributed by atoms with Crippen LogP contribution in [0.5, 0.6) is 11.5 Å². The molecule has 18 atom stereocenters. The molecule has 3 aliphatic heterocycles. The van der Waals surface area contributed by atoms with E-state index in [2.05, 4.69) is 5.32 Å². The number of nitrogens with one attached hydrogen (secondary N) is 1. The number of para-hydroxylation sites is 2. The largest absolute Gasteiger partial charge is 0.493 e. The Hall–Kier alpha value is -2.15. The van der Waals surface area contributed by atoms with Gasteiger partial charge in [-0.25, -0.2) is 0 Å². The summed E-state index contributed by atoms with van der Waals surface area (Å²) in [6.45, 7) is 18.3. The molecule has 1 aromatic carbocycles. The zero-order chi connectivity index (χ0) is 44.2. The molecule has 15 nitrogen and oxygen atoms in total. The molecular weight excluding hydrogens is 764 g/mol. The van der Waals surface area contributed by atoms with Gasteiger partial charge in [0.25, 0.3) is 0 Å². The maximum atomic E-state index is 14.4. The highest BCUT2D eigenvalue weighted by molar-refractivity contribution is 5.73. The van der Waals surface area contributed by atoms with E-state index in [0.717, 1.165) is 0 Å². The van der Waals surface area contributed by atoms with Crippen LogP contribution < -0.4 is 14.8 Å². The van der Waals surface area contributed by atoms with Crippen molar-refractivity contribution in [2.24, 2.45) is 17.8 Å². The van der Waals surface area contributed by atoms with E-state index in [4.69, 9.17) is 37.9 Å². The topological polar surface area (TPSA) is 187 Å². The SMILES string of the molecule is CC[C@H]1OC(=O)[C@H](C)[C@@H](O[C@H]2C[C@@](C)(OC)[C@@H](O)[C@H](C)O2)[C@H](C)[C@@H](O[C@@H]2O[C@H](C)C[C@H](NC)[C@H]2Oc2ccccc2OC)[C@](C)(O)C[C@@H](C)CN(C)[C@H](C)[C@@H](O)[C@]1(C)O. The van der Waals surface area contributed by atoms with Gasteiger partial charge in [-0.15, -0.1) is 0 Å². The molecule has 0 saturated carbocycles. The average molecular weight is 841 g/mol. The first kappa shape index (κ1) is 49.5. The summed E-state index contributed by atoms with van der Waals surface area (Å²) < 4.78 is 50.9. The monoisotopic (exact) mass is 841 g/mol. The molecule has 0 aromatic heterocycles. The molecule has 1 aromatic rings. The fourth-order valence-electron chi connectivity index (χ4n) is 9.52. The van der Waals surface area contributed by atoms with Crippen LogP contribution in [0, 0.1) is 17.8 Å². The third-order valence-corrected chi connectivity index (χ3v) is 13.3. The van der Waals surface area contributed by atoms with E-state index in [9.17, 15) is 25.2 Å². The summed E-state index contributed by atoms with van der Waals surface area (Å²) >= 11 is 0. The van der Waals surface area contributed by atoms with Crippen molar-refractivity contribution in [2.45, 2.75) is 185 Å². The lowest BCUT2D eigenvalue weighted by atomic mass is 9.77. The van der Waals surface area contributed by atoms with Crippen molar-refractivity contribution in [3.05, 3.63) is 24.3 Å². The highest BCUT2D eigenvalue weighted by atomic mass is 16.7. The van der Waals surface area contributed by atoms with E-state index in [-0.39, 0.29) is 37.3 Å². The number of methoxy groups -OCH3 is 2. The molecule has 0 unspecified atom stereocenters. The van der Waals surface area contributed by atoms with Crippen molar-refractivity contribution in [2.75, 3.05) is 34.9 Å². The Morgan fingerprint density at radius 1 is 0.915 bits per heavy atom. The number of likely N-dealkylation sites (N-methyl/N-ethyl adjacent to an activating group) is 2. The lowest BCUT2D eigenvalue weighted by molar-refractivity contribution is -0.314. The molecule has 0 radical (unpaired) electrons. The smallest absolute Gasteiger partial charge is 0.311 e. The summed E-state index contributed by atoms with van der Waals surface area (Å²) in [5.41, 5.74) is -4.42. The van der Waals surface area contributed by atoms with Crippen LogP contribution in [-0.2, 0) is 33.2 Å². The summed E-state index contributed by atoms with van der Waals surface area (Å²) in [6, 6.07) is 6.55. The quantitative estimate of drug-likeness (QED) is 0.215. The summed E-state index contributed by atoms with van der Waals surface area (Å²) in [5.74, 6) is -1.59. The standard InChI is InChI=1S/C44H76N2O13/c1-15-33-44(10,51)37(47)28(6)46(12)23-24(2)21-42(8,50)39(59-41-36(30(45-11)20-25(3)54-41)56-32-19-17-16-18-31(32)52-13)26(4)35(27(5)40(49)57-33)58-34-22-43(9,53-14)38(48)29(7)55-34/h16-19,24-30,33-39,41,45,47-48,50-51H,15,20-23H2,1-14H3/t24-,25-,26+,27-,28-,29+,30+,33-,34+,35+,36-,37-,38+,39-,41+,42-,43-,44-/m1/s1. The first-order valence-electron chi connectivity index (χ1n) is 21.4. The lowest BCUT2D eigenvalue weighted by Crippen LogP contribution is -2.61. The zero-order valence-corrected chi connectivity index (χ0v) is 37.9. The number of hydrogen-bond acceptors (Lipinski definition) is 15. The van der Waals surface area contributed by atoms with Crippen LogP contribution in [0.1, 0.15) is 94.9 Å². The second-order valence-electron chi connectivity index (χ2n) is 18.3. The van der Waals surface area contributed by atoms with Gasteiger partial charge in [0.15, 0.2) is 30.2 Å². The second-order valence-corrected chi connectivity index (χ2v) is 18.3. The van der Waals surface area contributed by atoms with E-state index >= 15 is 0 Å². The Labute approximate surface area is 352 Å². The third kappa shape index (κ3) is 11.3. The summed E-state index contributed by atoms with van der Waals surface area (Å²) in [7, 11) is 6.80. The van der Waals surface area contributed by atoms with E-state index in [0.29, 0.717) is 24.5 Å². The van der Waals surface area contributed by atoms with Gasteiger partial charge in [-0.3, -0.25) is 4.79 Å². The van der Waals surface area contributed by atoms with E-state index in [1.807, 2.05) is 71.0 Å². The molecule has 0 spiro atoms. The molecule has 0 amide bonds. The number of carbonyl (C=O) groups excluding carboxylic acids is 1. The van der Waals surface area contributed by atoms with Crippen LogP contribution in [0.2, 0.25) is 0 Å². The third-order valence-electron chi connectivity index (χ3n) is 13.3. The first-order chi connectivity index (χ1) is 27.5. The number of hydrogen-bond donors (Lipinski definition) is 5. The number of aliphatic hydroxyl groups excluding tert-OH is 2. The molecule has 4 rings (SSSR count). The fraction of sp³-hybridized carbons (Fsp3) is 0.841. The van der Waals surface area contributed by atoms with Crippen molar-refractivity contribution in [3.8, 4) is 11.5 Å². The van der Waals surface area contributed by atoms with Gasteiger partial charge in [-0.2, -0.15) is 0 Å². The van der Waals surface area contributed by atoms with Crippen molar-refractivity contribution < 1.29 is 63.1 Å². The second kappa shape index (κ2) is 20.4. The van der Waals surface area contributed by atoms with E-state index in [1.54, 1.807) is 41.7 Å². The summed E-state index contributed by atoms with van der Waals surface area (Å²) in [6.07, 6.45) is -7.82. The van der Waals surface area contributed by atoms with Crippen LogP contribution in [0.4, 0.5) is 0 Å². The van der Waals surface area contributed by atoms with Crippen LogP contribution in [0.3, 0.4) is 0 Å². The van der Waals surface area contributed by atoms with Gasteiger partial charge < -0.3 is 68.5 Å². The zero-order valence-electron chi connectivity index (χ0n) is 37.9. The predicted octanol–water partition coefficient (Wildman–Crippen LogP) is 3.65. The molecule has 3 fully saturated rings. The van der Waals surface area contributed by atoms with E-state index in [1.165, 1.54) is 14.0 Å². The molecule has 340 valence electrons. The van der Waals surface area contributed by atoms with Crippen LogP contribution in [0.25, 0.3) is 0 Å². The van der Waals surface area contributed by atoms with Crippen LogP contribution >= 0.6 is 0 Å². The minimum Gasteiger partial charge on any atom is -0.493 e. The van der Waals surface area contributed by atoms with E-state index < -0.39 is 96.0 Å². The van der Waals surface area contributed by atoms with Gasteiger partial charge in [0, 0.05) is 32.0 Å². The number of esters is 1. The van der Waals surface area contributed by atoms with Gasteiger partial charge in [-0.05, 0) is 99.9 Å². The molecule has 0 bridgehead atoms. The maximum Gasteiger partial charge on any atom is 0.311 e. The number of cyclic esters (lactones) is 1. The Morgan fingerprint density at radius 2 is 1.56 bits per heavy atom. The van der Waals surface area contributed by atoms with Crippen molar-refractivity contribution in [3.63, 3.8) is 0 Å². The summed E-state index contributed by atoms with van der Waals surface area (Å²) in [5, 5.41) is 50.7. The molecule has 0 aliphatic carbocycles. The predicted molar refractivity (Wildman–Crippen MR) is 221 cm³/mol. The van der Waals surface area contributed by atoms with Crippen molar-refractivity contribution >= 4 is 5.97 Å². The number of benzene rings is 1. The highest BCUT2D eigenvalue weighted by Crippen LogP contribution is 2.41. The molecule has 3 heterocycles. The lowest BCUT2D eigenvalue weighted by Gasteiger charge is -2.48. The van der Waals surface area contributed by atoms with Gasteiger partial charge in [0.05, 0.1) is 54.7 Å². The number of ether oxygens (including phenoxy) is 8. The Bertz CT molecular complexity index is 1480. The van der Waals surface area contributed by atoms with Gasteiger partial charge in [0.2, 0.25) is 0 Å². The Kier molecular flexibility index (Phi) is 17.1. The van der Waals surface area contributed by atoms with Crippen molar-refractivity contribution in [1.29, 1.82) is 0 Å². The number of aliphatic hydroxyl groups is 4. The van der Waals surface area contributed by atoms with Gasteiger partial charge >= 0.3 is 5.97 Å².